The first-order chi connectivity index (χ1) is 7.50. The molecule has 0 N–H and O–H groups in total. The second-order valence-electron chi connectivity index (χ2n) is 4.94. The fourth-order valence-electron chi connectivity index (χ4n) is 2.36. The summed E-state index contributed by atoms with van der Waals surface area (Å²) < 4.78 is 0. The molecule has 0 aromatic rings. The van der Waals surface area contributed by atoms with Gasteiger partial charge < -0.3 is 0 Å². The van der Waals surface area contributed by atoms with Gasteiger partial charge in [-0.3, -0.25) is 0 Å². The van der Waals surface area contributed by atoms with Crippen LogP contribution < -0.4 is 0 Å². The van der Waals surface area contributed by atoms with Gasteiger partial charge in [-0.25, -0.2) is 0 Å². The third kappa shape index (κ3) is 11.4. The van der Waals surface area contributed by atoms with Crippen LogP contribution in [0, 0.1) is 12.8 Å². The monoisotopic (exact) mass is 253 g/mol. The van der Waals surface area contributed by atoms with E-state index >= 15 is 0 Å². The molecule has 1 heteroatoms. The zero-order valence-electron chi connectivity index (χ0n) is 10.9. The van der Waals surface area contributed by atoms with Crippen LogP contribution in [0.2, 0.25) is 0 Å². The molecular weight excluding hydrogens is 225 g/mol. The maximum Gasteiger partial charge on any atom is 0 e. The molecule has 0 aromatic carbocycles. The van der Waals surface area contributed by atoms with E-state index in [9.17, 15) is 0 Å². The van der Waals surface area contributed by atoms with Gasteiger partial charge in [-0.05, 0) is 25.7 Å². The normalized spacial score (nSPS) is 22.5. The minimum atomic E-state index is 0. The van der Waals surface area contributed by atoms with Crippen molar-refractivity contribution in [2.75, 3.05) is 0 Å². The number of rotatable bonds is 0. The molecule has 0 spiro atoms. The average molecular weight is 253 g/mol. The molecule has 3 radical (unpaired) electrons. The summed E-state index contributed by atoms with van der Waals surface area (Å²) in [4.78, 5) is 0. The molecule has 91 valence electrons. The quantitative estimate of drug-likeness (QED) is 0.536. The Bertz CT molecular complexity index is 64.0. The zero-order valence-corrected chi connectivity index (χ0v) is 12.7. The summed E-state index contributed by atoms with van der Waals surface area (Å²) in [7, 11) is 0. The SMILES string of the molecule is C1CCCC1.C1CCCC1.[CH]1[CH]CCC1.[Sc]. The standard InChI is InChI=1S/2C5H10.C5H8.Sc/c3*1-2-4-5-3-1;/h2*1-5H2;1-2H,3-5H2;. The van der Waals surface area contributed by atoms with Gasteiger partial charge in [0.25, 0.3) is 0 Å². The molecule has 0 atom stereocenters. The van der Waals surface area contributed by atoms with Crippen LogP contribution in [0.15, 0.2) is 0 Å². The Balaban J connectivity index is 0.000000205. The van der Waals surface area contributed by atoms with Crippen molar-refractivity contribution in [2.45, 2.75) is 83.5 Å². The van der Waals surface area contributed by atoms with E-state index in [-0.39, 0.29) is 25.8 Å². The summed E-state index contributed by atoms with van der Waals surface area (Å²) in [6.07, 6.45) is 23.5. The van der Waals surface area contributed by atoms with E-state index in [2.05, 4.69) is 12.8 Å². The van der Waals surface area contributed by atoms with Gasteiger partial charge in [-0.1, -0.05) is 70.6 Å². The van der Waals surface area contributed by atoms with Crippen molar-refractivity contribution < 1.29 is 25.8 Å². The molecule has 0 aromatic heterocycles. The third-order valence-corrected chi connectivity index (χ3v) is 3.41. The molecule has 0 amide bonds. The second kappa shape index (κ2) is 13.9. The Morgan fingerprint density at radius 1 is 0.375 bits per heavy atom. The fraction of sp³-hybridized carbons (Fsp3) is 0.867. The maximum absolute atomic E-state index is 2.24. The van der Waals surface area contributed by atoms with Crippen molar-refractivity contribution >= 4 is 0 Å². The molecular formula is C15H28Sc. The molecule has 0 aliphatic heterocycles. The fourth-order valence-corrected chi connectivity index (χ4v) is 2.36. The van der Waals surface area contributed by atoms with E-state index in [1.807, 2.05) is 0 Å². The van der Waals surface area contributed by atoms with Crippen LogP contribution in [-0.2, 0) is 25.8 Å². The Morgan fingerprint density at radius 2 is 0.625 bits per heavy atom. The Kier molecular flexibility index (Phi) is 14.7. The van der Waals surface area contributed by atoms with E-state index < -0.39 is 0 Å². The van der Waals surface area contributed by atoms with E-state index in [1.54, 1.807) is 0 Å². The van der Waals surface area contributed by atoms with Gasteiger partial charge in [-0.2, -0.15) is 0 Å². The smallest absolute Gasteiger partial charge is 0 e. The van der Waals surface area contributed by atoms with Crippen LogP contribution in [0.4, 0.5) is 0 Å². The largest absolute Gasteiger partial charge is 0.0533 e. The van der Waals surface area contributed by atoms with Crippen LogP contribution in [0.25, 0.3) is 0 Å². The third-order valence-electron chi connectivity index (χ3n) is 3.41. The van der Waals surface area contributed by atoms with Gasteiger partial charge >= 0.3 is 0 Å². The minimum absolute atomic E-state index is 0. The van der Waals surface area contributed by atoms with Crippen LogP contribution in [0.3, 0.4) is 0 Å². The van der Waals surface area contributed by atoms with Gasteiger partial charge in [0.15, 0.2) is 0 Å². The first kappa shape index (κ1) is 16.9. The predicted octanol–water partition coefficient (Wildman–Crippen LogP) is 5.48. The van der Waals surface area contributed by atoms with Crippen molar-refractivity contribution in [2.24, 2.45) is 0 Å². The number of hydrogen-bond acceptors (Lipinski definition) is 0. The van der Waals surface area contributed by atoms with Crippen LogP contribution in [0.1, 0.15) is 83.5 Å². The number of hydrogen-bond donors (Lipinski definition) is 0. The molecule has 3 aliphatic carbocycles. The summed E-state index contributed by atoms with van der Waals surface area (Å²) in [6.45, 7) is 0. The summed E-state index contributed by atoms with van der Waals surface area (Å²) in [6, 6.07) is 0. The molecule has 3 aliphatic rings. The predicted molar refractivity (Wildman–Crippen MR) is 68.6 cm³/mol. The van der Waals surface area contributed by atoms with Crippen molar-refractivity contribution in [1.29, 1.82) is 0 Å². The molecule has 16 heavy (non-hydrogen) atoms. The van der Waals surface area contributed by atoms with Gasteiger partial charge in [0.2, 0.25) is 0 Å². The Hall–Kier alpha value is 0.870. The van der Waals surface area contributed by atoms with Crippen LogP contribution in [0.5, 0.6) is 0 Å². The average Bonchev–Trinajstić information content (AvgIpc) is 3.09. The van der Waals surface area contributed by atoms with Gasteiger partial charge in [0.05, 0.1) is 0 Å². The molecule has 0 saturated heterocycles. The van der Waals surface area contributed by atoms with E-state index in [0.29, 0.717) is 0 Å². The van der Waals surface area contributed by atoms with Gasteiger partial charge in [-0.15, -0.1) is 0 Å². The van der Waals surface area contributed by atoms with Crippen molar-refractivity contribution in [1.82, 2.24) is 0 Å². The van der Waals surface area contributed by atoms with E-state index in [4.69, 9.17) is 0 Å². The van der Waals surface area contributed by atoms with E-state index in [1.165, 1.54) is 83.5 Å². The van der Waals surface area contributed by atoms with Gasteiger partial charge in [0.1, 0.15) is 0 Å². The first-order valence-corrected chi connectivity index (χ1v) is 7.15. The van der Waals surface area contributed by atoms with Crippen LogP contribution in [-0.4, -0.2) is 0 Å². The van der Waals surface area contributed by atoms with Crippen molar-refractivity contribution in [3.63, 3.8) is 0 Å². The minimum Gasteiger partial charge on any atom is -0.0533 e. The molecule has 0 heterocycles. The topological polar surface area (TPSA) is 0 Å². The van der Waals surface area contributed by atoms with Crippen LogP contribution >= 0.6 is 0 Å². The molecule has 0 nitrogen and oxygen atoms in total. The second-order valence-corrected chi connectivity index (χ2v) is 4.94. The Labute approximate surface area is 122 Å². The molecule has 0 bridgehead atoms. The summed E-state index contributed by atoms with van der Waals surface area (Å²) in [5.74, 6) is 0. The Morgan fingerprint density at radius 3 is 0.750 bits per heavy atom. The van der Waals surface area contributed by atoms with Crippen molar-refractivity contribution in [3.8, 4) is 0 Å². The molecule has 3 rings (SSSR count). The first-order valence-electron chi connectivity index (χ1n) is 7.15. The summed E-state index contributed by atoms with van der Waals surface area (Å²) in [5.41, 5.74) is 0. The van der Waals surface area contributed by atoms with Gasteiger partial charge in [0, 0.05) is 25.8 Å². The summed E-state index contributed by atoms with van der Waals surface area (Å²) in [5, 5.41) is 0. The summed E-state index contributed by atoms with van der Waals surface area (Å²) >= 11 is 0. The molecule has 3 fully saturated rings. The van der Waals surface area contributed by atoms with E-state index in [0.717, 1.165) is 0 Å². The maximum atomic E-state index is 2.24. The zero-order chi connectivity index (χ0) is 10.6. The van der Waals surface area contributed by atoms with Crippen molar-refractivity contribution in [3.05, 3.63) is 12.8 Å². The molecule has 0 unspecified atom stereocenters. The molecule has 3 saturated carbocycles.